The van der Waals surface area contributed by atoms with Crippen LogP contribution < -0.4 is 5.32 Å². The molecule has 4 rings (SSSR count). The molecule has 1 aromatic heterocycles. The lowest BCUT2D eigenvalue weighted by Crippen LogP contribution is -2.08. The average molecular weight is 370 g/mol. The maximum atomic E-state index is 13.5. The lowest BCUT2D eigenvalue weighted by atomic mass is 10.0. The SMILES string of the molecule is Cc1cccc(-n2nc(-c3ccc(F)cc3Cl)c3c2NCCCC3)c1C. The predicted molar refractivity (Wildman–Crippen MR) is 105 cm³/mol. The van der Waals surface area contributed by atoms with E-state index >= 15 is 0 Å². The highest BCUT2D eigenvalue weighted by Crippen LogP contribution is 2.37. The van der Waals surface area contributed by atoms with E-state index in [2.05, 4.69) is 31.3 Å². The molecule has 0 amide bonds. The van der Waals surface area contributed by atoms with Crippen molar-refractivity contribution in [1.82, 2.24) is 9.78 Å². The van der Waals surface area contributed by atoms with Crippen LogP contribution in [0.15, 0.2) is 36.4 Å². The number of nitrogens with one attached hydrogen (secondary N) is 1. The molecule has 0 spiro atoms. The Bertz CT molecular complexity index is 978. The van der Waals surface area contributed by atoms with Crippen molar-refractivity contribution >= 4 is 17.4 Å². The molecule has 1 aliphatic heterocycles. The van der Waals surface area contributed by atoms with Crippen molar-refractivity contribution in [3.8, 4) is 16.9 Å². The van der Waals surface area contributed by atoms with Gasteiger partial charge in [0.15, 0.2) is 0 Å². The van der Waals surface area contributed by atoms with Gasteiger partial charge in [0, 0.05) is 17.7 Å². The molecule has 3 nitrogen and oxygen atoms in total. The van der Waals surface area contributed by atoms with Gasteiger partial charge in [-0.05, 0) is 68.5 Å². The summed E-state index contributed by atoms with van der Waals surface area (Å²) in [6, 6.07) is 10.7. The van der Waals surface area contributed by atoms with Gasteiger partial charge in [-0.2, -0.15) is 5.10 Å². The van der Waals surface area contributed by atoms with Crippen molar-refractivity contribution in [2.75, 3.05) is 11.9 Å². The number of anilines is 1. The lowest BCUT2D eigenvalue weighted by molar-refractivity contribution is 0.628. The molecule has 0 fully saturated rings. The first-order chi connectivity index (χ1) is 12.6. The van der Waals surface area contributed by atoms with Gasteiger partial charge >= 0.3 is 0 Å². The summed E-state index contributed by atoms with van der Waals surface area (Å²) >= 11 is 6.35. The number of rotatable bonds is 2. The summed E-state index contributed by atoms with van der Waals surface area (Å²) in [6.07, 6.45) is 3.12. The topological polar surface area (TPSA) is 29.9 Å². The molecule has 0 bridgehead atoms. The molecule has 0 aliphatic carbocycles. The minimum atomic E-state index is -0.336. The van der Waals surface area contributed by atoms with Crippen molar-refractivity contribution in [3.05, 3.63) is 63.9 Å². The molecule has 2 heterocycles. The van der Waals surface area contributed by atoms with Crippen LogP contribution in [-0.2, 0) is 6.42 Å². The summed E-state index contributed by atoms with van der Waals surface area (Å²) in [5, 5.41) is 8.85. The highest BCUT2D eigenvalue weighted by atomic mass is 35.5. The second kappa shape index (κ2) is 6.76. The van der Waals surface area contributed by atoms with Gasteiger partial charge in [0.05, 0.1) is 16.4 Å². The molecule has 26 heavy (non-hydrogen) atoms. The molecule has 1 N–H and O–H groups in total. The van der Waals surface area contributed by atoms with E-state index in [1.165, 1.54) is 23.3 Å². The standard InChI is InChI=1S/C21H21ClFN3/c1-13-6-5-8-19(14(13)2)26-21-17(7-3-4-11-24-21)20(25-26)16-10-9-15(23)12-18(16)22/h5-6,8-10,12,24H,3-4,7,11H2,1-2H3. The third kappa shape index (κ3) is 2.88. The van der Waals surface area contributed by atoms with Gasteiger partial charge in [0.1, 0.15) is 11.6 Å². The maximum Gasteiger partial charge on any atom is 0.133 e. The van der Waals surface area contributed by atoms with Crippen LogP contribution in [0.1, 0.15) is 29.5 Å². The zero-order valence-corrected chi connectivity index (χ0v) is 15.7. The number of hydrogen-bond acceptors (Lipinski definition) is 2. The first-order valence-corrected chi connectivity index (χ1v) is 9.32. The largest absolute Gasteiger partial charge is 0.370 e. The van der Waals surface area contributed by atoms with Crippen LogP contribution in [-0.4, -0.2) is 16.3 Å². The van der Waals surface area contributed by atoms with E-state index < -0.39 is 0 Å². The fraction of sp³-hybridized carbons (Fsp3) is 0.286. The Hall–Kier alpha value is -2.33. The van der Waals surface area contributed by atoms with Gasteiger partial charge < -0.3 is 5.32 Å². The molecule has 0 saturated heterocycles. The fourth-order valence-electron chi connectivity index (χ4n) is 3.54. The lowest BCUT2D eigenvalue weighted by Gasteiger charge is -2.13. The van der Waals surface area contributed by atoms with Gasteiger partial charge in [-0.15, -0.1) is 0 Å². The Balaban J connectivity index is 1.96. The number of hydrogen-bond donors (Lipinski definition) is 1. The molecule has 0 saturated carbocycles. The quantitative estimate of drug-likeness (QED) is 0.628. The summed E-state index contributed by atoms with van der Waals surface area (Å²) in [4.78, 5) is 0. The Morgan fingerprint density at radius 3 is 2.81 bits per heavy atom. The van der Waals surface area contributed by atoms with E-state index in [1.54, 1.807) is 6.07 Å². The normalized spacial score (nSPS) is 13.8. The van der Waals surface area contributed by atoms with Crippen molar-refractivity contribution in [2.45, 2.75) is 33.1 Å². The molecule has 0 unspecified atom stereocenters. The van der Waals surface area contributed by atoms with E-state index in [0.29, 0.717) is 5.02 Å². The van der Waals surface area contributed by atoms with Crippen LogP contribution >= 0.6 is 11.6 Å². The number of nitrogens with zero attached hydrogens (tertiary/aromatic N) is 2. The Kier molecular flexibility index (Phi) is 4.45. The minimum Gasteiger partial charge on any atom is -0.370 e. The first kappa shape index (κ1) is 17.1. The van der Waals surface area contributed by atoms with Crippen molar-refractivity contribution in [1.29, 1.82) is 0 Å². The molecular formula is C21H21ClFN3. The second-order valence-electron chi connectivity index (χ2n) is 6.81. The predicted octanol–water partition coefficient (Wildman–Crippen LogP) is 5.70. The van der Waals surface area contributed by atoms with Crippen molar-refractivity contribution < 1.29 is 4.39 Å². The third-order valence-corrected chi connectivity index (χ3v) is 5.43. The van der Waals surface area contributed by atoms with E-state index in [-0.39, 0.29) is 5.82 Å². The van der Waals surface area contributed by atoms with Crippen LogP contribution in [0.2, 0.25) is 5.02 Å². The molecule has 5 heteroatoms. The number of aromatic nitrogens is 2. The zero-order chi connectivity index (χ0) is 18.3. The highest BCUT2D eigenvalue weighted by Gasteiger charge is 2.23. The number of fused-ring (bicyclic) bond motifs is 1. The molecule has 0 radical (unpaired) electrons. The highest BCUT2D eigenvalue weighted by molar-refractivity contribution is 6.33. The summed E-state index contributed by atoms with van der Waals surface area (Å²) in [5.41, 5.74) is 6.23. The Morgan fingerprint density at radius 2 is 2.00 bits per heavy atom. The molecule has 1 aliphatic rings. The summed E-state index contributed by atoms with van der Waals surface area (Å²) in [7, 11) is 0. The fourth-order valence-corrected chi connectivity index (χ4v) is 3.80. The van der Waals surface area contributed by atoms with Crippen LogP contribution in [0, 0.1) is 19.7 Å². The number of benzene rings is 2. The van der Waals surface area contributed by atoms with Crippen LogP contribution in [0.25, 0.3) is 16.9 Å². The van der Waals surface area contributed by atoms with Gasteiger partial charge in [-0.25, -0.2) is 9.07 Å². The Morgan fingerprint density at radius 1 is 1.15 bits per heavy atom. The summed E-state index contributed by atoms with van der Waals surface area (Å²) in [6.45, 7) is 5.13. The Labute approximate surface area is 157 Å². The molecule has 2 aromatic carbocycles. The van der Waals surface area contributed by atoms with Gasteiger partial charge in [0.2, 0.25) is 0 Å². The van der Waals surface area contributed by atoms with Crippen LogP contribution in [0.3, 0.4) is 0 Å². The van der Waals surface area contributed by atoms with Gasteiger partial charge in [-0.1, -0.05) is 23.7 Å². The van der Waals surface area contributed by atoms with Gasteiger partial charge in [0.25, 0.3) is 0 Å². The van der Waals surface area contributed by atoms with Crippen LogP contribution in [0.5, 0.6) is 0 Å². The number of halogens is 2. The third-order valence-electron chi connectivity index (χ3n) is 5.12. The smallest absolute Gasteiger partial charge is 0.133 e. The number of aryl methyl sites for hydroxylation is 1. The summed E-state index contributed by atoms with van der Waals surface area (Å²) in [5.74, 6) is 0.684. The van der Waals surface area contributed by atoms with Crippen LogP contribution in [0.4, 0.5) is 10.2 Å². The minimum absolute atomic E-state index is 0.336. The maximum absolute atomic E-state index is 13.5. The van der Waals surface area contributed by atoms with Gasteiger partial charge in [-0.3, -0.25) is 0 Å². The molecule has 3 aromatic rings. The first-order valence-electron chi connectivity index (χ1n) is 8.94. The molecule has 134 valence electrons. The second-order valence-corrected chi connectivity index (χ2v) is 7.22. The van der Waals surface area contributed by atoms with E-state index in [1.807, 2.05) is 10.7 Å². The summed E-state index contributed by atoms with van der Waals surface area (Å²) < 4.78 is 15.5. The monoisotopic (exact) mass is 369 g/mol. The van der Waals surface area contributed by atoms with E-state index in [9.17, 15) is 4.39 Å². The van der Waals surface area contributed by atoms with E-state index in [4.69, 9.17) is 16.7 Å². The molecule has 0 atom stereocenters. The van der Waals surface area contributed by atoms with Crippen molar-refractivity contribution in [3.63, 3.8) is 0 Å². The van der Waals surface area contributed by atoms with E-state index in [0.717, 1.165) is 54.1 Å². The van der Waals surface area contributed by atoms with Crippen molar-refractivity contribution in [2.24, 2.45) is 0 Å². The zero-order valence-electron chi connectivity index (χ0n) is 14.9. The molecular weight excluding hydrogens is 349 g/mol. The average Bonchev–Trinajstić information content (AvgIpc) is 2.79.